The van der Waals surface area contributed by atoms with Crippen LogP contribution in [-0.4, -0.2) is 43.5 Å². The van der Waals surface area contributed by atoms with Gasteiger partial charge >= 0.3 is 0 Å². The second-order valence-electron chi connectivity index (χ2n) is 6.08. The zero-order chi connectivity index (χ0) is 15.6. The molecule has 1 aliphatic heterocycles. The highest BCUT2D eigenvalue weighted by Crippen LogP contribution is 2.32. The Morgan fingerprint density at radius 3 is 2.96 bits per heavy atom. The summed E-state index contributed by atoms with van der Waals surface area (Å²) in [5.74, 6) is 0.711. The molecule has 0 aromatic carbocycles. The van der Waals surface area contributed by atoms with Crippen molar-refractivity contribution in [3.05, 3.63) is 24.4 Å². The van der Waals surface area contributed by atoms with E-state index in [0.717, 1.165) is 17.0 Å². The quantitative estimate of drug-likeness (QED) is 0.866. The number of ether oxygens (including phenoxy) is 1. The first-order valence-corrected chi connectivity index (χ1v) is 7.85. The molecule has 2 aliphatic rings. The van der Waals surface area contributed by atoms with Crippen molar-refractivity contribution in [1.82, 2.24) is 30.3 Å². The first-order chi connectivity index (χ1) is 11.3. The van der Waals surface area contributed by atoms with E-state index in [-0.39, 0.29) is 12.0 Å². The van der Waals surface area contributed by atoms with Gasteiger partial charge in [-0.1, -0.05) is 5.21 Å². The van der Waals surface area contributed by atoms with Gasteiger partial charge in [-0.3, -0.25) is 4.79 Å². The largest absolute Gasteiger partial charge is 0.368 e. The molecule has 1 N–H and O–H groups in total. The maximum atomic E-state index is 11.8. The normalized spacial score (nSPS) is 20.1. The average Bonchev–Trinajstić information content (AvgIpc) is 3.29. The van der Waals surface area contributed by atoms with Crippen molar-refractivity contribution in [3.63, 3.8) is 0 Å². The second kappa shape index (κ2) is 6.04. The van der Waals surface area contributed by atoms with Crippen LogP contribution < -0.4 is 5.32 Å². The Morgan fingerprint density at radius 1 is 1.35 bits per heavy atom. The third kappa shape index (κ3) is 3.21. The minimum atomic E-state index is -0.0766. The lowest BCUT2D eigenvalue weighted by atomic mass is 10.2. The Hall–Kier alpha value is -2.35. The van der Waals surface area contributed by atoms with Crippen LogP contribution in [0.15, 0.2) is 18.7 Å². The van der Waals surface area contributed by atoms with Crippen LogP contribution in [0, 0.1) is 5.92 Å². The van der Waals surface area contributed by atoms with E-state index in [4.69, 9.17) is 4.74 Å². The number of hydrogen-bond donors (Lipinski definition) is 1. The highest BCUT2D eigenvalue weighted by molar-refractivity contribution is 5.76. The number of nitrogens with one attached hydrogen (secondary N) is 1. The molecule has 1 fully saturated rings. The van der Waals surface area contributed by atoms with E-state index in [9.17, 15) is 4.79 Å². The van der Waals surface area contributed by atoms with Crippen molar-refractivity contribution < 1.29 is 9.53 Å². The molecule has 120 valence electrons. The summed E-state index contributed by atoms with van der Waals surface area (Å²) < 4.78 is 7.68. The second-order valence-corrected chi connectivity index (χ2v) is 6.08. The van der Waals surface area contributed by atoms with Crippen molar-refractivity contribution in [2.24, 2.45) is 5.92 Å². The molecule has 23 heavy (non-hydrogen) atoms. The number of nitrogens with zero attached hydrogens (tertiary/aromatic N) is 5. The fourth-order valence-corrected chi connectivity index (χ4v) is 2.72. The predicted octanol–water partition coefficient (Wildman–Crippen LogP) is 0.550. The molecule has 8 nitrogen and oxygen atoms in total. The molecule has 1 saturated carbocycles. The minimum absolute atomic E-state index is 0.0766. The van der Waals surface area contributed by atoms with Crippen LogP contribution in [-0.2, 0) is 22.7 Å². The van der Waals surface area contributed by atoms with E-state index in [1.165, 1.54) is 19.2 Å². The number of fused-ring (bicyclic) bond motifs is 1. The third-order valence-corrected chi connectivity index (χ3v) is 4.20. The molecular weight excluding hydrogens is 296 g/mol. The maximum Gasteiger partial charge on any atom is 0.220 e. The Morgan fingerprint density at radius 2 is 2.17 bits per heavy atom. The minimum Gasteiger partial charge on any atom is -0.368 e. The molecule has 3 heterocycles. The number of carbonyl (C=O) groups is 1. The molecule has 2 aromatic rings. The SMILES string of the molecule is O=C(CC1CC1)NCC1Cn2nnc(-c3cncnc3)c2CO1. The Kier molecular flexibility index (Phi) is 3.74. The first-order valence-electron chi connectivity index (χ1n) is 7.85. The number of aromatic nitrogens is 5. The van der Waals surface area contributed by atoms with Crippen LogP contribution in [0.25, 0.3) is 11.3 Å². The Bertz CT molecular complexity index is 697. The molecule has 1 amide bonds. The van der Waals surface area contributed by atoms with Crippen molar-refractivity contribution in [2.45, 2.75) is 38.5 Å². The molecule has 0 saturated heterocycles. The topological polar surface area (TPSA) is 94.8 Å². The zero-order valence-electron chi connectivity index (χ0n) is 12.7. The lowest BCUT2D eigenvalue weighted by Gasteiger charge is -2.24. The van der Waals surface area contributed by atoms with Gasteiger partial charge in [0.1, 0.15) is 12.0 Å². The van der Waals surface area contributed by atoms with Crippen LogP contribution in [0.5, 0.6) is 0 Å². The summed E-state index contributed by atoms with van der Waals surface area (Å²) in [6, 6.07) is 0. The molecule has 2 aromatic heterocycles. The molecule has 1 atom stereocenters. The smallest absolute Gasteiger partial charge is 0.220 e. The van der Waals surface area contributed by atoms with E-state index < -0.39 is 0 Å². The predicted molar refractivity (Wildman–Crippen MR) is 80.0 cm³/mol. The van der Waals surface area contributed by atoms with Crippen molar-refractivity contribution in [3.8, 4) is 11.3 Å². The summed E-state index contributed by atoms with van der Waals surface area (Å²) in [6.45, 7) is 1.51. The molecule has 0 radical (unpaired) electrons. The highest BCUT2D eigenvalue weighted by Gasteiger charge is 2.27. The summed E-state index contributed by atoms with van der Waals surface area (Å²) in [4.78, 5) is 19.8. The van der Waals surface area contributed by atoms with E-state index in [1.807, 2.05) is 4.68 Å². The average molecular weight is 314 g/mol. The number of hydrogen-bond acceptors (Lipinski definition) is 6. The number of rotatable bonds is 5. The first kappa shape index (κ1) is 14.3. The monoisotopic (exact) mass is 314 g/mol. The van der Waals surface area contributed by atoms with Gasteiger partial charge in [0.05, 0.1) is 24.9 Å². The summed E-state index contributed by atoms with van der Waals surface area (Å²) in [6.07, 6.45) is 7.83. The van der Waals surface area contributed by atoms with Gasteiger partial charge in [-0.25, -0.2) is 14.6 Å². The fraction of sp³-hybridized carbons (Fsp3) is 0.533. The van der Waals surface area contributed by atoms with E-state index in [2.05, 4.69) is 25.6 Å². The lowest BCUT2D eigenvalue weighted by Crippen LogP contribution is -2.39. The van der Waals surface area contributed by atoms with Gasteiger partial charge in [0, 0.05) is 30.9 Å². The van der Waals surface area contributed by atoms with Crippen LogP contribution >= 0.6 is 0 Å². The standard InChI is InChI=1S/C15H18N6O2/c22-14(3-10-1-2-10)18-6-12-7-21-13(8-23-12)15(19-20-21)11-4-16-9-17-5-11/h4-5,9-10,12H,1-3,6-8H2,(H,18,22). The van der Waals surface area contributed by atoms with Gasteiger partial charge in [0.2, 0.25) is 5.91 Å². The summed E-state index contributed by atoms with van der Waals surface area (Å²) in [5.41, 5.74) is 2.50. The third-order valence-electron chi connectivity index (χ3n) is 4.20. The lowest BCUT2D eigenvalue weighted by molar-refractivity contribution is -0.122. The Balaban J connectivity index is 1.38. The van der Waals surface area contributed by atoms with Crippen LogP contribution in [0.4, 0.5) is 0 Å². The van der Waals surface area contributed by atoms with Gasteiger partial charge in [0.25, 0.3) is 0 Å². The highest BCUT2D eigenvalue weighted by atomic mass is 16.5. The maximum absolute atomic E-state index is 11.8. The molecule has 1 unspecified atom stereocenters. The van der Waals surface area contributed by atoms with Gasteiger partial charge in [-0.15, -0.1) is 5.10 Å². The number of amides is 1. The fourth-order valence-electron chi connectivity index (χ4n) is 2.72. The molecule has 0 spiro atoms. The van der Waals surface area contributed by atoms with Crippen molar-refractivity contribution in [2.75, 3.05) is 6.54 Å². The summed E-state index contributed by atoms with van der Waals surface area (Å²) >= 11 is 0. The van der Waals surface area contributed by atoms with Gasteiger partial charge in [-0.05, 0) is 18.8 Å². The van der Waals surface area contributed by atoms with Gasteiger partial charge in [0.15, 0.2) is 0 Å². The van der Waals surface area contributed by atoms with Crippen molar-refractivity contribution in [1.29, 1.82) is 0 Å². The van der Waals surface area contributed by atoms with E-state index >= 15 is 0 Å². The molecule has 1 aliphatic carbocycles. The van der Waals surface area contributed by atoms with Crippen LogP contribution in [0.3, 0.4) is 0 Å². The van der Waals surface area contributed by atoms with E-state index in [1.54, 1.807) is 12.4 Å². The van der Waals surface area contributed by atoms with Gasteiger partial charge in [-0.2, -0.15) is 0 Å². The molecule has 8 heteroatoms. The van der Waals surface area contributed by atoms with E-state index in [0.29, 0.717) is 32.0 Å². The zero-order valence-corrected chi connectivity index (χ0v) is 12.7. The van der Waals surface area contributed by atoms with Gasteiger partial charge < -0.3 is 10.1 Å². The summed E-state index contributed by atoms with van der Waals surface area (Å²) in [7, 11) is 0. The van der Waals surface area contributed by atoms with Crippen LogP contribution in [0.2, 0.25) is 0 Å². The van der Waals surface area contributed by atoms with Crippen molar-refractivity contribution >= 4 is 5.91 Å². The molecule has 0 bridgehead atoms. The van der Waals surface area contributed by atoms with Crippen LogP contribution in [0.1, 0.15) is 25.0 Å². The molecule has 4 rings (SSSR count). The summed E-state index contributed by atoms with van der Waals surface area (Å²) in [5, 5.41) is 11.3. The Labute approximate surface area is 133 Å². The molecular formula is C15H18N6O2. The number of carbonyl (C=O) groups excluding carboxylic acids is 1.